The van der Waals surface area contributed by atoms with Gasteiger partial charge in [0.1, 0.15) is 0 Å². The van der Waals surface area contributed by atoms with Gasteiger partial charge in [-0.15, -0.1) is 0 Å². The van der Waals surface area contributed by atoms with Gasteiger partial charge in [-0.1, -0.05) is 117 Å². The Labute approximate surface area is 251 Å². The molecule has 3 aromatic carbocycles. The smallest absolute Gasteiger partial charge is 0.261 e. The Morgan fingerprint density at radius 3 is 1.77 bits per heavy atom. The second-order valence-electron chi connectivity index (χ2n) is 12.3. The lowest BCUT2D eigenvalue weighted by atomic mass is 10.00. The third-order valence-electron chi connectivity index (χ3n) is 7.75. The fourth-order valence-electron chi connectivity index (χ4n) is 5.53. The van der Waals surface area contributed by atoms with Gasteiger partial charge in [-0.2, -0.15) is 0 Å². The van der Waals surface area contributed by atoms with Gasteiger partial charge < -0.3 is 9.53 Å². The third-order valence-corrected chi connectivity index (χ3v) is 15.8. The van der Waals surface area contributed by atoms with Crippen molar-refractivity contribution in [2.45, 2.75) is 93.9 Å². The number of hydrogen-bond acceptors (Lipinski definition) is 4. The molecule has 0 bridgehead atoms. The molecule has 0 spiro atoms. The maximum Gasteiger partial charge on any atom is 0.261 e. The molecule has 40 heavy (non-hydrogen) atoms. The number of aliphatic hydroxyl groups is 1. The van der Waals surface area contributed by atoms with Crippen molar-refractivity contribution < 1.29 is 18.0 Å². The highest BCUT2D eigenvalue weighted by atomic mass is 79.9. The molecular formula is C33H45BrO4SSi. The molecule has 218 valence electrons. The summed E-state index contributed by atoms with van der Waals surface area (Å²) in [4.78, 5) is 0.286. The Morgan fingerprint density at radius 2 is 1.27 bits per heavy atom. The minimum Gasteiger partial charge on any atom is -0.407 e. The number of benzene rings is 3. The van der Waals surface area contributed by atoms with E-state index in [1.165, 1.54) is 10.4 Å². The Kier molecular flexibility index (Phi) is 11.4. The van der Waals surface area contributed by atoms with E-state index >= 15 is 0 Å². The van der Waals surface area contributed by atoms with E-state index in [1.807, 2.05) is 0 Å². The Morgan fingerprint density at radius 1 is 0.775 bits per heavy atom. The molecule has 4 nitrogen and oxygen atoms in total. The average Bonchev–Trinajstić information content (AvgIpc) is 2.90. The van der Waals surface area contributed by atoms with Gasteiger partial charge in [-0.3, -0.25) is 0 Å². The van der Waals surface area contributed by atoms with E-state index in [9.17, 15) is 13.5 Å². The van der Waals surface area contributed by atoms with Gasteiger partial charge in [0.05, 0.1) is 15.7 Å². The van der Waals surface area contributed by atoms with Crippen LogP contribution in [0, 0.1) is 0 Å². The van der Waals surface area contributed by atoms with E-state index in [0.717, 1.165) is 30.2 Å². The lowest BCUT2D eigenvalue weighted by Crippen LogP contribution is -2.66. The first-order chi connectivity index (χ1) is 18.8. The summed E-state index contributed by atoms with van der Waals surface area (Å²) in [6, 6.07) is 28.1. The fraction of sp³-hybridized carbons (Fsp3) is 0.455. The SMILES string of the molecule is CC(C)(C)[Si](OCCCCCCC(O)CC(C)(C)S(=O)(=O)c1ccc(Br)cc1)(c1ccccc1)c1ccccc1. The summed E-state index contributed by atoms with van der Waals surface area (Å²) >= 11 is 3.35. The summed E-state index contributed by atoms with van der Waals surface area (Å²) in [6.07, 6.45) is 3.93. The Hall–Kier alpha value is -1.77. The summed E-state index contributed by atoms with van der Waals surface area (Å²) in [7, 11) is -6.07. The number of hydrogen-bond donors (Lipinski definition) is 1. The molecule has 0 aliphatic carbocycles. The van der Waals surface area contributed by atoms with Crippen LogP contribution < -0.4 is 10.4 Å². The molecule has 0 saturated heterocycles. The van der Waals surface area contributed by atoms with E-state index in [-0.39, 0.29) is 16.4 Å². The predicted octanol–water partition coefficient (Wildman–Crippen LogP) is 7.28. The first kappa shape index (κ1) is 32.7. The molecule has 3 rings (SSSR count). The van der Waals surface area contributed by atoms with Crippen LogP contribution in [-0.2, 0) is 14.3 Å². The number of unbranched alkanes of at least 4 members (excludes halogenated alkanes) is 3. The van der Waals surface area contributed by atoms with Gasteiger partial charge in [0, 0.05) is 11.1 Å². The van der Waals surface area contributed by atoms with Gasteiger partial charge >= 0.3 is 0 Å². The van der Waals surface area contributed by atoms with Gasteiger partial charge in [-0.25, -0.2) is 8.42 Å². The highest BCUT2D eigenvalue weighted by Crippen LogP contribution is 2.37. The van der Waals surface area contributed by atoms with Gasteiger partial charge in [0.2, 0.25) is 0 Å². The summed E-state index contributed by atoms with van der Waals surface area (Å²) in [5.74, 6) is 0. The monoisotopic (exact) mass is 644 g/mol. The molecule has 0 heterocycles. The van der Waals surface area contributed by atoms with Crippen LogP contribution >= 0.6 is 15.9 Å². The largest absolute Gasteiger partial charge is 0.407 e. The number of rotatable bonds is 14. The fourth-order valence-corrected chi connectivity index (χ4v) is 11.9. The van der Waals surface area contributed by atoms with Gasteiger partial charge in [-0.05, 0) is 72.8 Å². The zero-order chi connectivity index (χ0) is 29.4. The van der Waals surface area contributed by atoms with Gasteiger partial charge in [0.15, 0.2) is 9.84 Å². The topological polar surface area (TPSA) is 63.6 Å². The maximum absolute atomic E-state index is 13.2. The first-order valence-corrected chi connectivity index (χ1v) is 18.4. The number of sulfone groups is 1. The number of aliphatic hydroxyl groups excluding tert-OH is 1. The van der Waals surface area contributed by atoms with E-state index in [2.05, 4.69) is 97.4 Å². The molecular weight excluding hydrogens is 600 g/mol. The van der Waals surface area contributed by atoms with Crippen LogP contribution in [-0.4, -0.2) is 39.3 Å². The van der Waals surface area contributed by atoms with Crippen molar-refractivity contribution in [2.75, 3.05) is 6.61 Å². The van der Waals surface area contributed by atoms with Gasteiger partial charge in [0.25, 0.3) is 8.32 Å². The van der Waals surface area contributed by atoms with Crippen LogP contribution in [0.3, 0.4) is 0 Å². The molecule has 0 amide bonds. The van der Waals surface area contributed by atoms with Crippen LogP contribution in [0.4, 0.5) is 0 Å². The van der Waals surface area contributed by atoms with Crippen molar-refractivity contribution in [3.63, 3.8) is 0 Å². The highest BCUT2D eigenvalue weighted by Gasteiger charge is 2.49. The normalized spacial score (nSPS) is 13.8. The molecule has 7 heteroatoms. The molecule has 0 aliphatic rings. The van der Waals surface area contributed by atoms with Crippen LogP contribution in [0.2, 0.25) is 5.04 Å². The predicted molar refractivity (Wildman–Crippen MR) is 173 cm³/mol. The minimum atomic E-state index is -3.56. The quantitative estimate of drug-likeness (QED) is 0.148. The standard InChI is InChI=1S/C33H45BrO4SSi/c1-32(2,3)40(30-17-11-8-12-18-30,31-19-13-9-14-20-31)38-25-15-7-6-10-16-28(35)26-33(4,5)39(36,37)29-23-21-27(34)22-24-29/h8-9,11-14,17-24,28,35H,6-7,10,15-16,25-26H2,1-5H3. The van der Waals surface area contributed by atoms with Crippen LogP contribution in [0.15, 0.2) is 94.3 Å². The second-order valence-corrected chi connectivity index (χ2v) is 20.1. The number of halogens is 1. The summed E-state index contributed by atoms with van der Waals surface area (Å²) in [5.41, 5.74) is 0. The van der Waals surface area contributed by atoms with Crippen molar-refractivity contribution >= 4 is 44.5 Å². The van der Waals surface area contributed by atoms with E-state index in [0.29, 0.717) is 13.0 Å². The summed E-state index contributed by atoms with van der Waals surface area (Å²) in [6.45, 7) is 11.0. The second kappa shape index (κ2) is 13.9. The highest BCUT2D eigenvalue weighted by molar-refractivity contribution is 9.10. The zero-order valence-corrected chi connectivity index (χ0v) is 28.0. The van der Waals surface area contributed by atoms with Crippen LogP contribution in [0.1, 0.15) is 73.1 Å². The summed E-state index contributed by atoms with van der Waals surface area (Å²) < 4.78 is 33.1. The molecule has 1 atom stereocenters. The van der Waals surface area contributed by atoms with Crippen molar-refractivity contribution in [1.29, 1.82) is 0 Å². The third kappa shape index (κ3) is 7.74. The van der Waals surface area contributed by atoms with E-state index < -0.39 is 29.0 Å². The minimum absolute atomic E-state index is 0.0385. The van der Waals surface area contributed by atoms with Crippen LogP contribution in [0.5, 0.6) is 0 Å². The average molecular weight is 646 g/mol. The van der Waals surface area contributed by atoms with Crippen molar-refractivity contribution in [2.24, 2.45) is 0 Å². The van der Waals surface area contributed by atoms with E-state index in [1.54, 1.807) is 38.1 Å². The van der Waals surface area contributed by atoms with E-state index in [4.69, 9.17) is 4.43 Å². The molecule has 0 fully saturated rings. The Bertz CT molecular complexity index is 1250. The van der Waals surface area contributed by atoms with Crippen molar-refractivity contribution in [3.05, 3.63) is 89.4 Å². The van der Waals surface area contributed by atoms with Crippen LogP contribution in [0.25, 0.3) is 0 Å². The van der Waals surface area contributed by atoms with Crippen molar-refractivity contribution in [3.8, 4) is 0 Å². The Balaban J connectivity index is 1.53. The molecule has 1 unspecified atom stereocenters. The first-order valence-electron chi connectivity index (χ1n) is 14.2. The molecule has 3 aromatic rings. The molecule has 0 aliphatic heterocycles. The molecule has 0 saturated carbocycles. The maximum atomic E-state index is 13.2. The molecule has 0 radical (unpaired) electrons. The molecule has 1 N–H and O–H groups in total. The molecule has 0 aromatic heterocycles. The van der Waals surface area contributed by atoms with Crippen molar-refractivity contribution in [1.82, 2.24) is 0 Å². The zero-order valence-electron chi connectivity index (χ0n) is 24.6. The lowest BCUT2D eigenvalue weighted by molar-refractivity contribution is 0.139. The summed E-state index contributed by atoms with van der Waals surface area (Å²) in [5, 5.41) is 13.2. The lowest BCUT2D eigenvalue weighted by Gasteiger charge is -2.43.